The predicted octanol–water partition coefficient (Wildman–Crippen LogP) is -0.257. The molecule has 5 heteroatoms. The quantitative estimate of drug-likeness (QED) is 0.335. The summed E-state index contributed by atoms with van der Waals surface area (Å²) in [5, 5.41) is 17.2. The van der Waals surface area contributed by atoms with Gasteiger partial charge in [-0.25, -0.2) is 4.99 Å². The summed E-state index contributed by atoms with van der Waals surface area (Å²) in [6.07, 6.45) is 1.23. The summed E-state index contributed by atoms with van der Waals surface area (Å²) in [6, 6.07) is 0. The molecular formula is C6H10BNO3. The molecule has 0 spiro atoms. The molecule has 0 saturated carbocycles. The molecule has 0 heterocycles. The van der Waals surface area contributed by atoms with E-state index in [4.69, 9.17) is 10.0 Å². The van der Waals surface area contributed by atoms with Crippen LogP contribution in [0.2, 0.25) is 0 Å². The molecule has 2 N–H and O–H groups in total. The molecule has 0 radical (unpaired) electrons. The van der Waals surface area contributed by atoms with Crippen LogP contribution in [0.1, 0.15) is 0 Å². The fraction of sp³-hybridized carbons (Fsp3) is 0.167. The predicted molar refractivity (Wildman–Crippen MR) is 44.0 cm³/mol. The minimum atomic E-state index is -1.64. The van der Waals surface area contributed by atoms with Gasteiger partial charge < -0.3 is 14.8 Å². The Morgan fingerprint density at radius 2 is 2.18 bits per heavy atom. The Balaban J connectivity index is 4.38. The van der Waals surface area contributed by atoms with E-state index in [0.29, 0.717) is 0 Å². The van der Waals surface area contributed by atoms with Gasteiger partial charge in [0.15, 0.2) is 0 Å². The van der Waals surface area contributed by atoms with E-state index in [9.17, 15) is 0 Å². The summed E-state index contributed by atoms with van der Waals surface area (Å²) in [5.41, 5.74) is 0.00685. The molecule has 11 heavy (non-hydrogen) atoms. The molecular weight excluding hydrogens is 145 g/mol. The maximum Gasteiger partial charge on any atom is 0.493 e. The van der Waals surface area contributed by atoms with Gasteiger partial charge in [-0.05, 0) is 0 Å². The molecule has 0 aromatic rings. The largest absolute Gasteiger partial charge is 0.493 e. The van der Waals surface area contributed by atoms with Crippen LogP contribution >= 0.6 is 0 Å². The van der Waals surface area contributed by atoms with Crippen LogP contribution in [-0.4, -0.2) is 30.2 Å². The van der Waals surface area contributed by atoms with Crippen molar-refractivity contribution in [3.8, 4) is 0 Å². The standard InChI is InChI=1S/C6H10BNO3/c1-4-8-6(11-3)5(2)7(9)10/h4,9-10H,1-2H2,3H3. The molecule has 0 aromatic carbocycles. The number of rotatable bonds is 3. The number of hydrogen-bond acceptors (Lipinski definition) is 4. The Bertz CT molecular complexity index is 188. The molecule has 0 bridgehead atoms. The summed E-state index contributed by atoms with van der Waals surface area (Å²) < 4.78 is 4.67. The summed E-state index contributed by atoms with van der Waals surface area (Å²) in [6.45, 7) is 6.66. The summed E-state index contributed by atoms with van der Waals surface area (Å²) in [5.74, 6) is 0.0648. The normalized spacial score (nSPS) is 10.6. The van der Waals surface area contributed by atoms with Crippen LogP contribution in [0.4, 0.5) is 0 Å². The van der Waals surface area contributed by atoms with Crippen molar-refractivity contribution >= 4 is 13.0 Å². The van der Waals surface area contributed by atoms with E-state index in [1.165, 1.54) is 13.3 Å². The van der Waals surface area contributed by atoms with Gasteiger partial charge in [-0.15, -0.1) is 0 Å². The Morgan fingerprint density at radius 1 is 1.64 bits per heavy atom. The molecule has 60 valence electrons. The van der Waals surface area contributed by atoms with Crippen LogP contribution in [0.3, 0.4) is 0 Å². The lowest BCUT2D eigenvalue weighted by Crippen LogP contribution is -2.22. The second-order valence-electron chi connectivity index (χ2n) is 1.72. The lowest BCUT2D eigenvalue weighted by Gasteiger charge is -2.04. The van der Waals surface area contributed by atoms with E-state index in [-0.39, 0.29) is 11.4 Å². The third kappa shape index (κ3) is 3.02. The molecule has 0 rings (SSSR count). The van der Waals surface area contributed by atoms with E-state index in [0.717, 1.165) is 0 Å². The van der Waals surface area contributed by atoms with Crippen LogP contribution in [0.15, 0.2) is 29.8 Å². The van der Waals surface area contributed by atoms with Gasteiger partial charge in [-0.2, -0.15) is 0 Å². The zero-order valence-electron chi connectivity index (χ0n) is 6.32. The highest BCUT2D eigenvalue weighted by Gasteiger charge is 2.18. The first-order chi connectivity index (χ1) is 5.13. The summed E-state index contributed by atoms with van der Waals surface area (Å²) in [7, 11) is -0.288. The first kappa shape index (κ1) is 9.93. The third-order valence-corrected chi connectivity index (χ3v) is 0.988. The SMILES string of the molecule is C=CN=C(OC)C(=C)B(O)O. The fourth-order valence-corrected chi connectivity index (χ4v) is 0.460. The number of aliphatic imine (C=N–C) groups is 1. The zero-order valence-corrected chi connectivity index (χ0v) is 6.32. The molecule has 0 saturated heterocycles. The third-order valence-electron chi connectivity index (χ3n) is 0.988. The van der Waals surface area contributed by atoms with Crippen molar-refractivity contribution < 1.29 is 14.8 Å². The maximum absolute atomic E-state index is 8.61. The average molecular weight is 155 g/mol. The van der Waals surface area contributed by atoms with Crippen LogP contribution in [0, 0.1) is 0 Å². The van der Waals surface area contributed by atoms with Gasteiger partial charge in [0.25, 0.3) is 0 Å². The monoisotopic (exact) mass is 155 g/mol. The Kier molecular flexibility index (Phi) is 4.25. The smallest absolute Gasteiger partial charge is 0.481 e. The van der Waals surface area contributed by atoms with E-state index in [1.807, 2.05) is 0 Å². The van der Waals surface area contributed by atoms with E-state index < -0.39 is 7.12 Å². The highest BCUT2D eigenvalue weighted by atomic mass is 16.5. The average Bonchev–Trinajstić information content (AvgIpc) is 1.98. The molecule has 0 fully saturated rings. The van der Waals surface area contributed by atoms with E-state index >= 15 is 0 Å². The molecule has 4 nitrogen and oxygen atoms in total. The minimum Gasteiger partial charge on any atom is -0.481 e. The molecule has 0 amide bonds. The van der Waals surface area contributed by atoms with Crippen molar-refractivity contribution in [1.82, 2.24) is 0 Å². The maximum atomic E-state index is 8.61. The van der Waals surface area contributed by atoms with Crippen LogP contribution in [0.25, 0.3) is 0 Å². The van der Waals surface area contributed by atoms with Crippen molar-refractivity contribution in [2.24, 2.45) is 4.99 Å². The van der Waals surface area contributed by atoms with Crippen LogP contribution in [-0.2, 0) is 4.74 Å². The summed E-state index contributed by atoms with van der Waals surface area (Å²) in [4.78, 5) is 3.60. The van der Waals surface area contributed by atoms with Crippen LogP contribution < -0.4 is 0 Å². The van der Waals surface area contributed by atoms with E-state index in [2.05, 4.69) is 22.9 Å². The van der Waals surface area contributed by atoms with Gasteiger partial charge in [0.1, 0.15) is 0 Å². The minimum absolute atomic E-state index is 0.00685. The van der Waals surface area contributed by atoms with Crippen molar-refractivity contribution in [3.05, 3.63) is 24.8 Å². The topological polar surface area (TPSA) is 62.0 Å². The molecule has 0 aliphatic heterocycles. The van der Waals surface area contributed by atoms with Gasteiger partial charge in [0, 0.05) is 11.7 Å². The zero-order chi connectivity index (χ0) is 8.85. The molecule has 0 atom stereocenters. The number of nitrogens with zero attached hydrogens (tertiary/aromatic N) is 1. The van der Waals surface area contributed by atoms with Gasteiger partial charge in [0.2, 0.25) is 5.90 Å². The van der Waals surface area contributed by atoms with Crippen molar-refractivity contribution in [2.75, 3.05) is 7.11 Å². The molecule has 0 aromatic heterocycles. The second-order valence-corrected chi connectivity index (χ2v) is 1.72. The van der Waals surface area contributed by atoms with Crippen molar-refractivity contribution in [1.29, 1.82) is 0 Å². The molecule has 0 unspecified atom stereocenters. The fourth-order valence-electron chi connectivity index (χ4n) is 0.460. The van der Waals surface area contributed by atoms with Gasteiger partial charge in [0.05, 0.1) is 7.11 Å². The van der Waals surface area contributed by atoms with Gasteiger partial charge in [-0.3, -0.25) is 0 Å². The second kappa shape index (κ2) is 4.70. The van der Waals surface area contributed by atoms with Crippen molar-refractivity contribution in [2.45, 2.75) is 0 Å². The van der Waals surface area contributed by atoms with E-state index in [1.54, 1.807) is 0 Å². The lowest BCUT2D eigenvalue weighted by atomic mass is 9.80. The van der Waals surface area contributed by atoms with Crippen molar-refractivity contribution in [3.63, 3.8) is 0 Å². The number of ether oxygens (including phenoxy) is 1. The van der Waals surface area contributed by atoms with Gasteiger partial charge >= 0.3 is 7.12 Å². The highest BCUT2D eigenvalue weighted by Crippen LogP contribution is 1.97. The first-order valence-corrected chi connectivity index (χ1v) is 2.91. The van der Waals surface area contributed by atoms with Gasteiger partial charge in [-0.1, -0.05) is 13.2 Å². The first-order valence-electron chi connectivity index (χ1n) is 2.91. The Hall–Kier alpha value is -1.07. The number of hydrogen-bond donors (Lipinski definition) is 2. The Morgan fingerprint density at radius 3 is 2.45 bits per heavy atom. The lowest BCUT2D eigenvalue weighted by molar-refractivity contribution is 0.392. The highest BCUT2D eigenvalue weighted by molar-refractivity contribution is 6.58. The molecule has 0 aliphatic carbocycles. The number of methoxy groups -OCH3 is 1. The Labute approximate surface area is 65.7 Å². The summed E-state index contributed by atoms with van der Waals surface area (Å²) >= 11 is 0. The molecule has 0 aliphatic rings. The van der Waals surface area contributed by atoms with Crippen LogP contribution in [0.5, 0.6) is 0 Å².